The Morgan fingerprint density at radius 3 is 2.89 bits per heavy atom. The number of carbonyl (C=O) groups excluding carboxylic acids is 1. The number of rotatable bonds is 7. The number of aliphatic hydroxyl groups is 1. The van der Waals surface area contributed by atoms with Crippen molar-refractivity contribution in [1.82, 2.24) is 4.98 Å². The summed E-state index contributed by atoms with van der Waals surface area (Å²) in [5.41, 5.74) is 0.0437. The molecular formula is C13H20N2O4. The molecule has 0 aliphatic heterocycles. The number of hydrogen-bond acceptors (Lipinski definition) is 6. The highest BCUT2D eigenvalue weighted by Crippen LogP contribution is 2.13. The Morgan fingerprint density at radius 1 is 1.53 bits per heavy atom. The number of nitrogens with one attached hydrogen (secondary N) is 1. The summed E-state index contributed by atoms with van der Waals surface area (Å²) < 4.78 is 9.53. The first-order valence-corrected chi connectivity index (χ1v) is 5.98. The molecule has 6 heteroatoms. The van der Waals surface area contributed by atoms with Crippen LogP contribution < -0.4 is 5.32 Å². The fraction of sp³-hybridized carbons (Fsp3) is 0.538. The van der Waals surface area contributed by atoms with E-state index < -0.39 is 11.6 Å². The molecular weight excluding hydrogens is 248 g/mol. The van der Waals surface area contributed by atoms with Crippen molar-refractivity contribution in [3.05, 3.63) is 24.0 Å². The quantitative estimate of drug-likeness (QED) is 0.720. The van der Waals surface area contributed by atoms with Gasteiger partial charge in [0.2, 0.25) is 0 Å². The van der Waals surface area contributed by atoms with Gasteiger partial charge in [0.1, 0.15) is 5.69 Å². The first kappa shape index (κ1) is 15.4. The Kier molecular flexibility index (Phi) is 5.72. The Hall–Kier alpha value is -1.66. The van der Waals surface area contributed by atoms with Crippen LogP contribution >= 0.6 is 0 Å². The van der Waals surface area contributed by atoms with Crippen LogP contribution in [0, 0.1) is 0 Å². The van der Waals surface area contributed by atoms with E-state index in [1.165, 1.54) is 13.3 Å². The summed E-state index contributed by atoms with van der Waals surface area (Å²) in [6.45, 7) is 2.56. The van der Waals surface area contributed by atoms with Gasteiger partial charge in [0.15, 0.2) is 0 Å². The molecule has 0 radical (unpaired) electrons. The summed E-state index contributed by atoms with van der Waals surface area (Å²) in [5, 5.41) is 13.1. The van der Waals surface area contributed by atoms with E-state index in [2.05, 4.69) is 15.0 Å². The zero-order chi connectivity index (χ0) is 14.3. The third-order valence-corrected chi connectivity index (χ3v) is 2.67. The molecule has 106 valence electrons. The Bertz CT molecular complexity index is 421. The summed E-state index contributed by atoms with van der Waals surface area (Å²) in [5.74, 6) is -0.491. The number of aromatic nitrogens is 1. The zero-order valence-electron chi connectivity index (χ0n) is 11.5. The molecule has 6 nitrogen and oxygen atoms in total. The SMILES string of the molecule is COCCC(C)(O)CNc1ccnc(C(=O)OC)c1. The topological polar surface area (TPSA) is 80.7 Å². The maximum Gasteiger partial charge on any atom is 0.356 e. The number of ether oxygens (including phenoxy) is 2. The highest BCUT2D eigenvalue weighted by Gasteiger charge is 2.19. The lowest BCUT2D eigenvalue weighted by Crippen LogP contribution is -2.34. The molecule has 0 aromatic carbocycles. The number of hydrogen-bond donors (Lipinski definition) is 2. The van der Waals surface area contributed by atoms with E-state index in [4.69, 9.17) is 4.74 Å². The maximum atomic E-state index is 11.3. The molecule has 0 aliphatic carbocycles. The molecule has 1 atom stereocenters. The first-order valence-electron chi connectivity index (χ1n) is 5.98. The molecule has 2 N–H and O–H groups in total. The van der Waals surface area contributed by atoms with Crippen LogP contribution in [0.15, 0.2) is 18.3 Å². The Morgan fingerprint density at radius 2 is 2.26 bits per heavy atom. The van der Waals surface area contributed by atoms with Crippen LogP contribution in [0.25, 0.3) is 0 Å². The largest absolute Gasteiger partial charge is 0.464 e. The smallest absolute Gasteiger partial charge is 0.356 e. The van der Waals surface area contributed by atoms with Crippen molar-refractivity contribution in [3.63, 3.8) is 0 Å². The van der Waals surface area contributed by atoms with E-state index in [9.17, 15) is 9.90 Å². The molecule has 19 heavy (non-hydrogen) atoms. The molecule has 1 aromatic rings. The van der Waals surface area contributed by atoms with Crippen LogP contribution in [0.3, 0.4) is 0 Å². The van der Waals surface area contributed by atoms with Gasteiger partial charge in [-0.05, 0) is 19.1 Å². The summed E-state index contributed by atoms with van der Waals surface area (Å²) >= 11 is 0. The standard InChI is InChI=1S/C13H20N2O4/c1-13(17,5-7-18-2)9-15-10-4-6-14-11(8-10)12(16)19-3/h4,6,8,17H,5,7,9H2,1-3H3,(H,14,15). The van der Waals surface area contributed by atoms with Gasteiger partial charge in [-0.15, -0.1) is 0 Å². The molecule has 1 unspecified atom stereocenters. The minimum Gasteiger partial charge on any atom is -0.464 e. The highest BCUT2D eigenvalue weighted by molar-refractivity contribution is 5.88. The fourth-order valence-corrected chi connectivity index (χ4v) is 1.46. The molecule has 0 saturated carbocycles. The first-order chi connectivity index (χ1) is 8.98. The lowest BCUT2D eigenvalue weighted by molar-refractivity contribution is 0.0357. The van der Waals surface area contributed by atoms with Gasteiger partial charge in [0.25, 0.3) is 0 Å². The summed E-state index contributed by atoms with van der Waals surface area (Å²) in [4.78, 5) is 15.2. The number of methoxy groups -OCH3 is 2. The summed E-state index contributed by atoms with van der Waals surface area (Å²) in [6.07, 6.45) is 2.03. The highest BCUT2D eigenvalue weighted by atomic mass is 16.5. The van der Waals surface area contributed by atoms with Gasteiger partial charge < -0.3 is 19.9 Å². The third-order valence-electron chi connectivity index (χ3n) is 2.67. The minimum absolute atomic E-state index is 0.226. The molecule has 0 amide bonds. The van der Waals surface area contributed by atoms with E-state index in [0.29, 0.717) is 25.3 Å². The van der Waals surface area contributed by atoms with Crippen molar-refractivity contribution in [2.75, 3.05) is 32.7 Å². The average Bonchev–Trinajstić information content (AvgIpc) is 2.42. The third kappa shape index (κ3) is 5.23. The van der Waals surface area contributed by atoms with Crippen molar-refractivity contribution < 1.29 is 19.4 Å². The van der Waals surface area contributed by atoms with Crippen molar-refractivity contribution >= 4 is 11.7 Å². The second-order valence-corrected chi connectivity index (χ2v) is 4.51. The molecule has 0 fully saturated rings. The molecule has 0 aliphatic rings. The maximum absolute atomic E-state index is 11.3. The predicted octanol–water partition coefficient (Wildman–Crippen LogP) is 1.07. The van der Waals surface area contributed by atoms with Crippen LogP contribution in [0.5, 0.6) is 0 Å². The molecule has 1 rings (SSSR count). The van der Waals surface area contributed by atoms with Crippen molar-refractivity contribution in [2.45, 2.75) is 18.9 Å². The van der Waals surface area contributed by atoms with Crippen molar-refractivity contribution in [1.29, 1.82) is 0 Å². The summed E-state index contributed by atoms with van der Waals surface area (Å²) in [6, 6.07) is 3.30. The number of carbonyl (C=O) groups is 1. The number of pyridine rings is 1. The second kappa shape index (κ2) is 7.06. The van der Waals surface area contributed by atoms with Gasteiger partial charge in [-0.3, -0.25) is 0 Å². The minimum atomic E-state index is -0.884. The fourth-order valence-electron chi connectivity index (χ4n) is 1.46. The normalized spacial score (nSPS) is 13.7. The van der Waals surface area contributed by atoms with Gasteiger partial charge in [-0.2, -0.15) is 0 Å². The van der Waals surface area contributed by atoms with Crippen LogP contribution in [0.2, 0.25) is 0 Å². The van der Waals surface area contributed by atoms with Crippen LogP contribution in [0.1, 0.15) is 23.8 Å². The van der Waals surface area contributed by atoms with E-state index in [-0.39, 0.29) is 5.69 Å². The van der Waals surface area contributed by atoms with Crippen molar-refractivity contribution in [3.8, 4) is 0 Å². The molecule has 1 heterocycles. The lowest BCUT2D eigenvalue weighted by atomic mass is 10.0. The van der Waals surface area contributed by atoms with E-state index in [1.807, 2.05) is 0 Å². The number of anilines is 1. The number of esters is 1. The Balaban J connectivity index is 2.60. The molecule has 0 spiro atoms. The number of nitrogens with zero attached hydrogens (tertiary/aromatic N) is 1. The molecule has 0 bridgehead atoms. The molecule has 1 aromatic heterocycles. The summed E-state index contributed by atoms with van der Waals surface area (Å²) in [7, 11) is 2.90. The lowest BCUT2D eigenvalue weighted by Gasteiger charge is -2.23. The van der Waals surface area contributed by atoms with Gasteiger partial charge >= 0.3 is 5.97 Å². The van der Waals surface area contributed by atoms with Gasteiger partial charge in [0, 0.05) is 38.6 Å². The van der Waals surface area contributed by atoms with Gasteiger partial charge in [-0.1, -0.05) is 0 Å². The average molecular weight is 268 g/mol. The predicted molar refractivity (Wildman–Crippen MR) is 71.2 cm³/mol. The monoisotopic (exact) mass is 268 g/mol. The second-order valence-electron chi connectivity index (χ2n) is 4.51. The van der Waals surface area contributed by atoms with E-state index in [0.717, 1.165) is 0 Å². The van der Waals surface area contributed by atoms with E-state index in [1.54, 1.807) is 26.2 Å². The zero-order valence-corrected chi connectivity index (χ0v) is 11.5. The van der Waals surface area contributed by atoms with E-state index >= 15 is 0 Å². The van der Waals surface area contributed by atoms with Crippen LogP contribution in [0.4, 0.5) is 5.69 Å². The Labute approximate surface area is 112 Å². The van der Waals surface area contributed by atoms with Gasteiger partial charge in [-0.25, -0.2) is 9.78 Å². The van der Waals surface area contributed by atoms with Crippen LogP contribution in [-0.4, -0.2) is 49.0 Å². The van der Waals surface area contributed by atoms with Crippen molar-refractivity contribution in [2.24, 2.45) is 0 Å². The van der Waals surface area contributed by atoms with Crippen LogP contribution in [-0.2, 0) is 9.47 Å². The van der Waals surface area contributed by atoms with Gasteiger partial charge in [0.05, 0.1) is 12.7 Å². The molecule has 0 saturated heterocycles.